The van der Waals surface area contributed by atoms with E-state index in [2.05, 4.69) is 19.2 Å². The lowest BCUT2D eigenvalue weighted by atomic mass is 9.71. The van der Waals surface area contributed by atoms with Crippen LogP contribution in [0.2, 0.25) is 0 Å². The van der Waals surface area contributed by atoms with Crippen molar-refractivity contribution in [3.8, 4) is 0 Å². The molecule has 0 spiro atoms. The third-order valence-electron chi connectivity index (χ3n) is 4.05. The van der Waals surface area contributed by atoms with E-state index in [-0.39, 0.29) is 0 Å². The van der Waals surface area contributed by atoms with Crippen LogP contribution in [0.4, 0.5) is 0 Å². The highest BCUT2D eigenvalue weighted by Gasteiger charge is 2.34. The highest BCUT2D eigenvalue weighted by molar-refractivity contribution is 4.90. The summed E-state index contributed by atoms with van der Waals surface area (Å²) < 4.78 is 0. The number of hydrogen-bond donors (Lipinski definition) is 1. The van der Waals surface area contributed by atoms with E-state index in [1.807, 2.05) is 0 Å². The fraction of sp³-hybridized carbons (Fsp3) is 1.00. The van der Waals surface area contributed by atoms with Crippen LogP contribution >= 0.6 is 0 Å². The Bertz CT molecular complexity index is 151. The smallest absolute Gasteiger partial charge is 0.00980 e. The Morgan fingerprint density at radius 1 is 1.25 bits per heavy atom. The van der Waals surface area contributed by atoms with Gasteiger partial charge in [0.25, 0.3) is 0 Å². The van der Waals surface area contributed by atoms with E-state index >= 15 is 0 Å². The standard InChI is InChI=1S/C11H21N/c1-8-6-11(9(8)2)12-7-10-4-3-5-10/h8-12H,3-7H2,1-2H3. The summed E-state index contributed by atoms with van der Waals surface area (Å²) in [5.41, 5.74) is 0. The van der Waals surface area contributed by atoms with Crippen LogP contribution in [-0.2, 0) is 0 Å². The summed E-state index contributed by atoms with van der Waals surface area (Å²) in [5, 5.41) is 3.70. The summed E-state index contributed by atoms with van der Waals surface area (Å²) in [4.78, 5) is 0. The van der Waals surface area contributed by atoms with Crippen molar-refractivity contribution >= 4 is 0 Å². The molecule has 2 rings (SSSR count). The highest BCUT2D eigenvalue weighted by atomic mass is 14.9. The molecule has 1 heteroatoms. The lowest BCUT2D eigenvalue weighted by molar-refractivity contribution is 0.126. The Morgan fingerprint density at radius 3 is 2.42 bits per heavy atom. The average molecular weight is 167 g/mol. The maximum atomic E-state index is 3.70. The van der Waals surface area contributed by atoms with Crippen LogP contribution in [0.25, 0.3) is 0 Å². The molecule has 2 aliphatic carbocycles. The molecule has 70 valence electrons. The summed E-state index contributed by atoms with van der Waals surface area (Å²) in [6, 6.07) is 0.848. The first kappa shape index (κ1) is 8.55. The minimum atomic E-state index is 0.848. The number of rotatable bonds is 3. The molecule has 3 atom stereocenters. The second-order valence-electron chi connectivity index (χ2n) is 4.88. The fourth-order valence-electron chi connectivity index (χ4n) is 2.31. The lowest BCUT2D eigenvalue weighted by Crippen LogP contribution is -2.49. The molecule has 2 saturated carbocycles. The van der Waals surface area contributed by atoms with Gasteiger partial charge in [-0.2, -0.15) is 0 Å². The molecule has 2 aliphatic rings. The molecule has 1 nitrogen and oxygen atoms in total. The Labute approximate surface area is 75.9 Å². The van der Waals surface area contributed by atoms with E-state index in [0.29, 0.717) is 0 Å². The first-order valence-corrected chi connectivity index (χ1v) is 5.50. The van der Waals surface area contributed by atoms with Crippen LogP contribution in [0.1, 0.15) is 39.5 Å². The number of nitrogens with one attached hydrogen (secondary N) is 1. The molecule has 0 bridgehead atoms. The molecular formula is C11H21N. The first-order valence-electron chi connectivity index (χ1n) is 5.50. The summed E-state index contributed by atoms with van der Waals surface area (Å²) in [5.74, 6) is 2.90. The third-order valence-corrected chi connectivity index (χ3v) is 4.05. The summed E-state index contributed by atoms with van der Waals surface area (Å²) >= 11 is 0. The Balaban J connectivity index is 1.61. The normalized spacial score (nSPS) is 42.0. The van der Waals surface area contributed by atoms with Crippen LogP contribution in [0.15, 0.2) is 0 Å². The molecule has 0 aromatic rings. The molecule has 0 heterocycles. The van der Waals surface area contributed by atoms with Crippen molar-refractivity contribution in [1.29, 1.82) is 0 Å². The van der Waals surface area contributed by atoms with Crippen molar-refractivity contribution in [3.63, 3.8) is 0 Å². The summed E-state index contributed by atoms with van der Waals surface area (Å²) in [6.45, 7) is 6.04. The molecule has 0 aromatic carbocycles. The van der Waals surface area contributed by atoms with E-state index in [1.54, 1.807) is 0 Å². The van der Waals surface area contributed by atoms with Crippen LogP contribution < -0.4 is 5.32 Å². The molecule has 3 unspecified atom stereocenters. The molecule has 1 N–H and O–H groups in total. The molecule has 0 aliphatic heterocycles. The van der Waals surface area contributed by atoms with Crippen LogP contribution in [0, 0.1) is 17.8 Å². The van der Waals surface area contributed by atoms with Crippen molar-refractivity contribution in [3.05, 3.63) is 0 Å². The van der Waals surface area contributed by atoms with Gasteiger partial charge in [-0.3, -0.25) is 0 Å². The second-order valence-corrected chi connectivity index (χ2v) is 4.88. The predicted octanol–water partition coefficient (Wildman–Crippen LogP) is 2.42. The molecule has 0 radical (unpaired) electrons. The zero-order valence-electron chi connectivity index (χ0n) is 8.34. The quantitative estimate of drug-likeness (QED) is 0.680. The van der Waals surface area contributed by atoms with E-state index in [1.165, 1.54) is 32.2 Å². The molecular weight excluding hydrogens is 146 g/mol. The highest BCUT2D eigenvalue weighted by Crippen LogP contribution is 2.34. The van der Waals surface area contributed by atoms with Gasteiger partial charge in [-0.25, -0.2) is 0 Å². The van der Waals surface area contributed by atoms with Gasteiger partial charge in [-0.1, -0.05) is 20.3 Å². The molecule has 0 amide bonds. The van der Waals surface area contributed by atoms with Crippen LogP contribution in [0.3, 0.4) is 0 Å². The van der Waals surface area contributed by atoms with Crippen molar-refractivity contribution in [1.82, 2.24) is 5.32 Å². The summed E-state index contributed by atoms with van der Waals surface area (Å²) in [7, 11) is 0. The van der Waals surface area contributed by atoms with E-state index in [4.69, 9.17) is 0 Å². The van der Waals surface area contributed by atoms with Gasteiger partial charge in [0.15, 0.2) is 0 Å². The second kappa shape index (κ2) is 3.37. The Morgan fingerprint density at radius 2 is 2.00 bits per heavy atom. The van der Waals surface area contributed by atoms with Gasteiger partial charge in [0.2, 0.25) is 0 Å². The first-order chi connectivity index (χ1) is 5.77. The average Bonchev–Trinajstić information content (AvgIpc) is 1.99. The van der Waals surface area contributed by atoms with Crippen LogP contribution in [0.5, 0.6) is 0 Å². The van der Waals surface area contributed by atoms with Gasteiger partial charge < -0.3 is 5.32 Å². The van der Waals surface area contributed by atoms with E-state index in [0.717, 1.165) is 23.8 Å². The fourth-order valence-corrected chi connectivity index (χ4v) is 2.31. The van der Waals surface area contributed by atoms with Gasteiger partial charge in [-0.05, 0) is 43.6 Å². The van der Waals surface area contributed by atoms with Gasteiger partial charge in [0, 0.05) is 6.04 Å². The van der Waals surface area contributed by atoms with Gasteiger partial charge in [0.05, 0.1) is 0 Å². The molecule has 0 aromatic heterocycles. The predicted molar refractivity (Wildman–Crippen MR) is 52.1 cm³/mol. The molecule has 2 fully saturated rings. The zero-order chi connectivity index (χ0) is 8.55. The maximum absolute atomic E-state index is 3.70. The van der Waals surface area contributed by atoms with Crippen LogP contribution in [-0.4, -0.2) is 12.6 Å². The maximum Gasteiger partial charge on any atom is 0.00980 e. The molecule has 0 saturated heterocycles. The van der Waals surface area contributed by atoms with Crippen molar-refractivity contribution in [2.45, 2.75) is 45.6 Å². The largest absolute Gasteiger partial charge is 0.313 e. The van der Waals surface area contributed by atoms with E-state index in [9.17, 15) is 0 Å². The van der Waals surface area contributed by atoms with Crippen molar-refractivity contribution in [2.24, 2.45) is 17.8 Å². The number of hydrogen-bond acceptors (Lipinski definition) is 1. The SMILES string of the molecule is CC1CC(NCC2CCC2)C1C. The Kier molecular flexibility index (Phi) is 2.40. The zero-order valence-corrected chi connectivity index (χ0v) is 8.34. The van der Waals surface area contributed by atoms with E-state index < -0.39 is 0 Å². The molecule has 12 heavy (non-hydrogen) atoms. The van der Waals surface area contributed by atoms with Gasteiger partial charge >= 0.3 is 0 Å². The minimum absolute atomic E-state index is 0.848. The van der Waals surface area contributed by atoms with Gasteiger partial charge in [-0.15, -0.1) is 0 Å². The Hall–Kier alpha value is -0.0400. The topological polar surface area (TPSA) is 12.0 Å². The summed E-state index contributed by atoms with van der Waals surface area (Å²) in [6.07, 6.45) is 5.84. The van der Waals surface area contributed by atoms with Gasteiger partial charge in [0.1, 0.15) is 0 Å². The third kappa shape index (κ3) is 1.52. The lowest BCUT2D eigenvalue weighted by Gasteiger charge is -2.42. The minimum Gasteiger partial charge on any atom is -0.313 e. The monoisotopic (exact) mass is 167 g/mol. The van der Waals surface area contributed by atoms with Crippen molar-refractivity contribution in [2.75, 3.05) is 6.54 Å². The van der Waals surface area contributed by atoms with Crippen molar-refractivity contribution < 1.29 is 0 Å².